The summed E-state index contributed by atoms with van der Waals surface area (Å²) >= 11 is 2.42. The van der Waals surface area contributed by atoms with Gasteiger partial charge in [0, 0.05) is 0 Å². The van der Waals surface area contributed by atoms with Gasteiger partial charge in [0.2, 0.25) is 0 Å². The Morgan fingerprint density at radius 3 is 2.29 bits per heavy atom. The van der Waals surface area contributed by atoms with E-state index >= 15 is 0 Å². The molecular weight excluding hydrogens is 345 g/mol. The number of fused-ring (bicyclic) bond motifs is 1. The van der Waals surface area contributed by atoms with Gasteiger partial charge >= 0.3 is 119 Å². The molecule has 1 aliphatic heterocycles. The van der Waals surface area contributed by atoms with Crippen LogP contribution in [-0.2, 0) is 0 Å². The number of hydrogen-bond donors (Lipinski definition) is 0. The number of rotatable bonds is 1. The summed E-state index contributed by atoms with van der Waals surface area (Å²) in [5, 5.41) is 1.80. The fourth-order valence-corrected chi connectivity index (χ4v) is 6.23. The number of benzene rings is 1. The predicted molar refractivity (Wildman–Crippen MR) is 87.5 cm³/mol. The Hall–Kier alpha value is 0.0449. The first-order chi connectivity index (χ1) is 7.73. The van der Waals surface area contributed by atoms with Crippen molar-refractivity contribution in [3.05, 3.63) is 15.7 Å². The summed E-state index contributed by atoms with van der Waals surface area (Å²) in [6.07, 6.45) is 0. The summed E-state index contributed by atoms with van der Waals surface area (Å²) in [7, 11) is 0.912. The third-order valence-electron chi connectivity index (χ3n) is 4.01. The second-order valence-corrected chi connectivity index (χ2v) is 12.5. The van der Waals surface area contributed by atoms with Crippen LogP contribution < -0.4 is 14.8 Å². The second kappa shape index (κ2) is 4.31. The van der Waals surface area contributed by atoms with Gasteiger partial charge in [-0.3, -0.25) is 0 Å². The Morgan fingerprint density at radius 2 is 1.76 bits per heavy atom. The van der Waals surface area contributed by atoms with E-state index in [0.717, 1.165) is 11.5 Å². The van der Waals surface area contributed by atoms with Gasteiger partial charge in [-0.05, 0) is 0 Å². The van der Waals surface area contributed by atoms with Crippen molar-refractivity contribution < 1.29 is 9.47 Å². The van der Waals surface area contributed by atoms with E-state index in [1.165, 1.54) is 8.87 Å². The van der Waals surface area contributed by atoms with Crippen LogP contribution in [-0.4, -0.2) is 26.2 Å². The topological polar surface area (TPSA) is 18.5 Å². The molecule has 0 unspecified atom stereocenters. The fraction of sp³-hybridized carbons (Fsp3) is 0.500. The molecule has 0 fully saturated rings. The summed E-state index contributed by atoms with van der Waals surface area (Å²) in [6.45, 7) is 9.78. The van der Waals surface area contributed by atoms with Crippen LogP contribution in [0.4, 0.5) is 0 Å². The molecule has 0 N–H and O–H groups in total. The van der Waals surface area contributed by atoms with Gasteiger partial charge in [0.1, 0.15) is 0 Å². The van der Waals surface area contributed by atoms with E-state index in [1.807, 2.05) is 0 Å². The van der Waals surface area contributed by atoms with Crippen LogP contribution in [0.5, 0.6) is 11.5 Å². The molecule has 0 saturated carbocycles. The van der Waals surface area contributed by atoms with Crippen molar-refractivity contribution in [1.29, 1.82) is 0 Å². The maximum absolute atomic E-state index is 5.50. The first-order valence-electron chi connectivity index (χ1n) is 5.83. The van der Waals surface area contributed by atoms with Crippen molar-refractivity contribution in [3.63, 3.8) is 0 Å². The standard InChI is InChI=1S/C12H19BIO2P/c1-12(2,3)17(4,13)11-6-10-9(5-8(11)14)15-7-16-10/h5-6,17H,7,13H2,1-4H3. The van der Waals surface area contributed by atoms with Crippen LogP contribution >= 0.6 is 29.7 Å². The van der Waals surface area contributed by atoms with Crippen LogP contribution in [0.2, 0.25) is 0 Å². The van der Waals surface area contributed by atoms with Crippen LogP contribution in [0.25, 0.3) is 0 Å². The van der Waals surface area contributed by atoms with Crippen molar-refractivity contribution >= 4 is 42.6 Å². The summed E-state index contributed by atoms with van der Waals surface area (Å²) in [4.78, 5) is 0. The average Bonchev–Trinajstić information content (AvgIpc) is 2.61. The molecule has 94 valence electrons. The van der Waals surface area contributed by atoms with Crippen molar-refractivity contribution in [3.8, 4) is 11.5 Å². The molecule has 0 radical (unpaired) electrons. The molecule has 0 spiro atoms. The summed E-state index contributed by atoms with van der Waals surface area (Å²) < 4.78 is 12.2. The van der Waals surface area contributed by atoms with Gasteiger partial charge in [-0.25, -0.2) is 0 Å². The van der Waals surface area contributed by atoms with Gasteiger partial charge in [0.05, 0.1) is 0 Å². The van der Waals surface area contributed by atoms with Crippen molar-refractivity contribution in [2.45, 2.75) is 25.9 Å². The first kappa shape index (κ1) is 13.5. The summed E-state index contributed by atoms with van der Waals surface area (Å²) in [6, 6.07) is 4.31. The van der Waals surface area contributed by atoms with E-state index < -0.39 is 7.14 Å². The molecule has 1 heterocycles. The molecule has 1 aromatic carbocycles. The van der Waals surface area contributed by atoms with Gasteiger partial charge in [0.25, 0.3) is 0 Å². The van der Waals surface area contributed by atoms with E-state index in [-0.39, 0.29) is 0 Å². The van der Waals surface area contributed by atoms with E-state index in [4.69, 9.17) is 9.47 Å². The zero-order valence-electron chi connectivity index (χ0n) is 11.1. The minimum absolute atomic E-state index is 0.334. The SMILES string of the molecule is B[PH](C)(c1cc2c(cc1I)OCO2)C(C)(C)C. The fourth-order valence-electron chi connectivity index (χ4n) is 1.80. The Bertz CT molecular complexity index is 455. The van der Waals surface area contributed by atoms with Crippen LogP contribution in [0.3, 0.4) is 0 Å². The van der Waals surface area contributed by atoms with E-state index in [2.05, 4.69) is 69.7 Å². The molecular formula is C12H19BIO2P. The molecule has 2 rings (SSSR count). The monoisotopic (exact) mass is 364 g/mol. The van der Waals surface area contributed by atoms with Crippen LogP contribution in [0, 0.1) is 3.57 Å². The van der Waals surface area contributed by atoms with E-state index in [9.17, 15) is 0 Å². The molecule has 0 amide bonds. The molecule has 0 aliphatic carbocycles. The first-order valence-corrected chi connectivity index (χ1v) is 9.91. The zero-order valence-corrected chi connectivity index (χ0v) is 14.2. The molecule has 2 nitrogen and oxygen atoms in total. The molecule has 5 heteroatoms. The average molecular weight is 364 g/mol. The molecule has 1 aromatic rings. The number of hydrogen-bond acceptors (Lipinski definition) is 2. The van der Waals surface area contributed by atoms with Gasteiger partial charge in [0.15, 0.2) is 0 Å². The van der Waals surface area contributed by atoms with Crippen molar-refractivity contribution in [2.24, 2.45) is 0 Å². The molecule has 1 aliphatic rings. The molecule has 17 heavy (non-hydrogen) atoms. The zero-order chi connectivity index (χ0) is 12.8. The Kier molecular flexibility index (Phi) is 3.41. The van der Waals surface area contributed by atoms with Gasteiger partial charge in [-0.2, -0.15) is 0 Å². The predicted octanol–water partition coefficient (Wildman–Crippen LogP) is 2.37. The number of ether oxygens (including phenoxy) is 2. The van der Waals surface area contributed by atoms with Crippen molar-refractivity contribution in [2.75, 3.05) is 13.5 Å². The Labute approximate surface area is 118 Å². The maximum atomic E-state index is 5.50. The molecule has 0 saturated heterocycles. The second-order valence-electron chi connectivity index (χ2n) is 6.06. The van der Waals surface area contributed by atoms with E-state index in [0.29, 0.717) is 11.9 Å². The minimum atomic E-state index is -1.51. The quantitative estimate of drug-likeness (QED) is 0.433. The summed E-state index contributed by atoms with van der Waals surface area (Å²) in [5.74, 6) is 1.79. The molecule has 0 bridgehead atoms. The van der Waals surface area contributed by atoms with Crippen molar-refractivity contribution in [1.82, 2.24) is 0 Å². The Morgan fingerprint density at radius 1 is 1.24 bits per heavy atom. The summed E-state index contributed by atoms with van der Waals surface area (Å²) in [5.41, 5.74) is 0. The van der Waals surface area contributed by atoms with Gasteiger partial charge in [-0.15, -0.1) is 0 Å². The van der Waals surface area contributed by atoms with Gasteiger partial charge in [-0.1, -0.05) is 0 Å². The van der Waals surface area contributed by atoms with Crippen LogP contribution in [0.15, 0.2) is 12.1 Å². The third-order valence-corrected chi connectivity index (χ3v) is 10.9. The third kappa shape index (κ3) is 2.31. The molecule has 0 aromatic heterocycles. The number of halogens is 1. The normalized spacial score (nSPS) is 16.1. The van der Waals surface area contributed by atoms with Crippen LogP contribution in [0.1, 0.15) is 20.8 Å². The van der Waals surface area contributed by atoms with E-state index in [1.54, 1.807) is 0 Å². The van der Waals surface area contributed by atoms with Gasteiger partial charge < -0.3 is 0 Å². The Balaban J connectivity index is 2.53. The molecule has 0 atom stereocenters.